The highest BCUT2D eigenvalue weighted by Gasteiger charge is 2.05. The first-order chi connectivity index (χ1) is 11.2. The summed E-state index contributed by atoms with van der Waals surface area (Å²) >= 11 is 1.87. The minimum absolute atomic E-state index is 0. The Morgan fingerprint density at radius 2 is 2.00 bits per heavy atom. The van der Waals surface area contributed by atoms with Crippen molar-refractivity contribution in [2.75, 3.05) is 45.3 Å². The molecule has 0 aromatic heterocycles. The van der Waals surface area contributed by atoms with Crippen molar-refractivity contribution in [3.05, 3.63) is 30.1 Å². The van der Waals surface area contributed by atoms with Crippen molar-refractivity contribution >= 4 is 41.7 Å². The van der Waals surface area contributed by atoms with Crippen molar-refractivity contribution in [3.63, 3.8) is 0 Å². The third-order valence-electron chi connectivity index (χ3n) is 3.22. The van der Waals surface area contributed by atoms with Gasteiger partial charge >= 0.3 is 0 Å². The number of ether oxygens (including phenoxy) is 1. The molecular formula is C17H29FIN3OS. The normalized spacial score (nSPS) is 10.9. The first-order valence-electron chi connectivity index (χ1n) is 8.04. The fraction of sp³-hybridized carbons (Fsp3) is 0.588. The van der Waals surface area contributed by atoms with Crippen LogP contribution in [0.15, 0.2) is 29.3 Å². The molecule has 0 aliphatic heterocycles. The zero-order valence-corrected chi connectivity index (χ0v) is 17.9. The number of benzene rings is 1. The van der Waals surface area contributed by atoms with E-state index in [0.717, 1.165) is 25.5 Å². The van der Waals surface area contributed by atoms with E-state index in [0.29, 0.717) is 18.9 Å². The van der Waals surface area contributed by atoms with Gasteiger partial charge in [-0.05, 0) is 56.0 Å². The molecule has 1 rings (SSSR count). The molecular weight excluding hydrogens is 440 g/mol. The number of rotatable bonds is 10. The van der Waals surface area contributed by atoms with Gasteiger partial charge in [0.05, 0.1) is 6.54 Å². The van der Waals surface area contributed by atoms with Gasteiger partial charge in [-0.3, -0.25) is 4.99 Å². The second-order valence-corrected chi connectivity index (χ2v) is 6.15. The highest BCUT2D eigenvalue weighted by atomic mass is 127. The number of halogens is 2. The number of thioether (sulfide) groups is 1. The number of hydrogen-bond acceptors (Lipinski definition) is 3. The van der Waals surface area contributed by atoms with Gasteiger partial charge in [0.1, 0.15) is 18.2 Å². The van der Waals surface area contributed by atoms with E-state index in [1.54, 1.807) is 12.1 Å². The second kappa shape index (κ2) is 14.6. The maximum absolute atomic E-state index is 12.8. The number of guanidine groups is 1. The van der Waals surface area contributed by atoms with Crippen molar-refractivity contribution in [2.45, 2.75) is 19.8 Å². The van der Waals surface area contributed by atoms with Crippen molar-refractivity contribution in [1.82, 2.24) is 10.2 Å². The Morgan fingerprint density at radius 1 is 1.29 bits per heavy atom. The molecule has 24 heavy (non-hydrogen) atoms. The smallest absolute Gasteiger partial charge is 0.193 e. The molecule has 0 spiro atoms. The van der Waals surface area contributed by atoms with Gasteiger partial charge in [-0.1, -0.05) is 0 Å². The van der Waals surface area contributed by atoms with Crippen molar-refractivity contribution in [3.8, 4) is 5.75 Å². The fourth-order valence-electron chi connectivity index (χ4n) is 1.95. The van der Waals surface area contributed by atoms with Crippen LogP contribution in [0.4, 0.5) is 4.39 Å². The Bertz CT molecular complexity index is 460. The molecule has 0 bridgehead atoms. The van der Waals surface area contributed by atoms with E-state index in [-0.39, 0.29) is 29.8 Å². The molecule has 1 aromatic carbocycles. The summed E-state index contributed by atoms with van der Waals surface area (Å²) in [7, 11) is 2.00. The summed E-state index contributed by atoms with van der Waals surface area (Å²) in [6.07, 6.45) is 4.43. The van der Waals surface area contributed by atoms with E-state index in [1.807, 2.05) is 18.8 Å². The molecule has 0 saturated carbocycles. The van der Waals surface area contributed by atoms with Crippen LogP contribution in [0.1, 0.15) is 19.8 Å². The molecule has 4 nitrogen and oxygen atoms in total. The van der Waals surface area contributed by atoms with Crippen molar-refractivity contribution < 1.29 is 9.13 Å². The molecule has 0 aliphatic rings. The molecule has 1 aromatic rings. The van der Waals surface area contributed by atoms with Gasteiger partial charge in [-0.2, -0.15) is 11.8 Å². The lowest BCUT2D eigenvalue weighted by Crippen LogP contribution is -2.41. The fourth-order valence-corrected chi connectivity index (χ4v) is 2.44. The third kappa shape index (κ3) is 10.2. The van der Waals surface area contributed by atoms with Gasteiger partial charge in [0, 0.05) is 20.1 Å². The third-order valence-corrected chi connectivity index (χ3v) is 3.92. The molecule has 0 heterocycles. The molecule has 0 aliphatic carbocycles. The second-order valence-electron chi connectivity index (χ2n) is 5.16. The van der Waals surface area contributed by atoms with Crippen LogP contribution in [0, 0.1) is 5.82 Å². The molecule has 0 saturated heterocycles. The number of likely N-dealkylation sites (N-methyl/N-ethyl adjacent to an activating group) is 1. The molecule has 0 fully saturated rings. The summed E-state index contributed by atoms with van der Waals surface area (Å²) in [5.41, 5.74) is 0. The lowest BCUT2D eigenvalue weighted by atomic mass is 10.3. The minimum atomic E-state index is -0.252. The largest absolute Gasteiger partial charge is 0.492 e. The van der Waals surface area contributed by atoms with Crippen LogP contribution in [-0.4, -0.2) is 56.2 Å². The molecule has 7 heteroatoms. The minimum Gasteiger partial charge on any atom is -0.492 e. The zero-order valence-electron chi connectivity index (χ0n) is 14.8. The van der Waals surface area contributed by atoms with Crippen LogP contribution in [0.5, 0.6) is 5.75 Å². The summed E-state index contributed by atoms with van der Waals surface area (Å²) in [6.45, 7) is 4.98. The van der Waals surface area contributed by atoms with Crippen LogP contribution in [0.25, 0.3) is 0 Å². The maximum atomic E-state index is 12.8. The Hall–Kier alpha value is -0.700. The highest BCUT2D eigenvalue weighted by molar-refractivity contribution is 14.0. The van der Waals surface area contributed by atoms with E-state index in [4.69, 9.17) is 4.74 Å². The van der Waals surface area contributed by atoms with Gasteiger partial charge in [0.2, 0.25) is 0 Å². The Balaban J connectivity index is 0.00000529. The lowest BCUT2D eigenvalue weighted by Gasteiger charge is -2.22. The van der Waals surface area contributed by atoms with Crippen LogP contribution < -0.4 is 10.1 Å². The standard InChI is InChI=1S/C17H28FN3OS.HI/c1-4-19-17(20-11-5-6-14-23-3)21(2)12-13-22-16-9-7-15(18)8-10-16;/h7-10H,4-6,11-14H2,1-3H3,(H,19,20);1H. The highest BCUT2D eigenvalue weighted by Crippen LogP contribution is 2.10. The molecule has 138 valence electrons. The van der Waals surface area contributed by atoms with Gasteiger partial charge < -0.3 is 15.0 Å². The Kier molecular flexibility index (Phi) is 14.2. The molecule has 0 amide bonds. The Morgan fingerprint density at radius 3 is 2.62 bits per heavy atom. The van der Waals surface area contributed by atoms with E-state index in [9.17, 15) is 4.39 Å². The average molecular weight is 469 g/mol. The number of hydrogen-bond donors (Lipinski definition) is 1. The molecule has 0 atom stereocenters. The maximum Gasteiger partial charge on any atom is 0.193 e. The van der Waals surface area contributed by atoms with Crippen molar-refractivity contribution in [1.29, 1.82) is 0 Å². The first kappa shape index (κ1) is 23.3. The van der Waals surface area contributed by atoms with Gasteiger partial charge in [0.25, 0.3) is 0 Å². The van der Waals surface area contributed by atoms with Crippen LogP contribution in [0.3, 0.4) is 0 Å². The van der Waals surface area contributed by atoms with Crippen LogP contribution in [-0.2, 0) is 0 Å². The zero-order chi connectivity index (χ0) is 16.9. The van der Waals surface area contributed by atoms with E-state index in [2.05, 4.69) is 28.4 Å². The number of aliphatic imine (C=N–C) groups is 1. The van der Waals surface area contributed by atoms with Crippen LogP contribution >= 0.6 is 35.7 Å². The van der Waals surface area contributed by atoms with Crippen LogP contribution in [0.2, 0.25) is 0 Å². The van der Waals surface area contributed by atoms with Gasteiger partial charge in [0.15, 0.2) is 5.96 Å². The lowest BCUT2D eigenvalue weighted by molar-refractivity contribution is 0.281. The number of unbranched alkanes of at least 4 members (excludes halogenated alkanes) is 1. The summed E-state index contributed by atoms with van der Waals surface area (Å²) in [5, 5.41) is 3.29. The van der Waals surface area contributed by atoms with E-state index >= 15 is 0 Å². The predicted octanol–water partition coefficient (Wildman–Crippen LogP) is 3.86. The molecule has 0 radical (unpaired) electrons. The van der Waals surface area contributed by atoms with Gasteiger partial charge in [-0.25, -0.2) is 4.39 Å². The monoisotopic (exact) mass is 469 g/mol. The summed E-state index contributed by atoms with van der Waals surface area (Å²) in [5.74, 6) is 2.52. The number of nitrogens with one attached hydrogen (secondary N) is 1. The Labute approximate surface area is 166 Å². The summed E-state index contributed by atoms with van der Waals surface area (Å²) in [6, 6.07) is 6.08. The number of nitrogens with zero attached hydrogens (tertiary/aromatic N) is 2. The van der Waals surface area contributed by atoms with E-state index < -0.39 is 0 Å². The summed E-state index contributed by atoms with van der Waals surface area (Å²) in [4.78, 5) is 6.70. The first-order valence-corrected chi connectivity index (χ1v) is 9.43. The van der Waals surface area contributed by atoms with E-state index in [1.165, 1.54) is 24.3 Å². The average Bonchev–Trinajstić information content (AvgIpc) is 2.55. The van der Waals surface area contributed by atoms with Gasteiger partial charge in [-0.15, -0.1) is 24.0 Å². The molecule has 0 unspecified atom stereocenters. The quantitative estimate of drug-likeness (QED) is 0.245. The SMILES string of the molecule is CCNC(=NCCCCSC)N(C)CCOc1ccc(F)cc1.I. The van der Waals surface area contributed by atoms with Crippen molar-refractivity contribution in [2.24, 2.45) is 4.99 Å². The predicted molar refractivity (Wildman–Crippen MR) is 114 cm³/mol. The summed E-state index contributed by atoms with van der Waals surface area (Å²) < 4.78 is 18.5. The molecule has 1 N–H and O–H groups in total. The topological polar surface area (TPSA) is 36.9 Å².